The molecule has 0 saturated carbocycles. The quantitative estimate of drug-likeness (QED) is 0.839. The van der Waals surface area contributed by atoms with Crippen molar-refractivity contribution in [1.29, 1.82) is 0 Å². The van der Waals surface area contributed by atoms with Gasteiger partial charge in [0.15, 0.2) is 0 Å². The number of hydrogen-bond acceptors (Lipinski definition) is 3. The average Bonchev–Trinajstić information content (AvgIpc) is 2.27. The first-order valence-corrected chi connectivity index (χ1v) is 6.68. The van der Waals surface area contributed by atoms with Crippen LogP contribution in [0.5, 0.6) is 5.75 Å². The molecule has 0 aliphatic carbocycles. The van der Waals surface area contributed by atoms with E-state index in [1.165, 1.54) is 6.92 Å². The first kappa shape index (κ1) is 13.7. The van der Waals surface area contributed by atoms with Crippen LogP contribution in [0.2, 0.25) is 0 Å². The van der Waals surface area contributed by atoms with E-state index < -0.39 is 22.0 Å². The molecular weight excluding hydrogens is 240 g/mol. The van der Waals surface area contributed by atoms with E-state index in [0.29, 0.717) is 5.75 Å². The monoisotopic (exact) mass is 256 g/mol. The molecule has 0 aliphatic rings. The predicted molar refractivity (Wildman–Crippen MR) is 66.8 cm³/mol. The lowest BCUT2D eigenvalue weighted by Crippen LogP contribution is -2.25. The van der Waals surface area contributed by atoms with Gasteiger partial charge in [-0.2, -0.15) is 0 Å². The number of aryl methyl sites for hydroxylation is 1. The van der Waals surface area contributed by atoms with Crippen LogP contribution in [0, 0.1) is 6.92 Å². The van der Waals surface area contributed by atoms with E-state index in [9.17, 15) is 9.00 Å². The number of benzene rings is 1. The van der Waals surface area contributed by atoms with E-state index in [1.807, 2.05) is 31.2 Å². The van der Waals surface area contributed by atoms with Crippen molar-refractivity contribution in [2.24, 2.45) is 0 Å². The Balaban J connectivity index is 2.38. The predicted octanol–water partition coefficient (Wildman–Crippen LogP) is 1.60. The van der Waals surface area contributed by atoms with Crippen LogP contribution in [0.3, 0.4) is 0 Å². The summed E-state index contributed by atoms with van der Waals surface area (Å²) in [4.78, 5) is 10.6. The summed E-state index contributed by atoms with van der Waals surface area (Å²) in [5.74, 6) is -0.106. The van der Waals surface area contributed by atoms with Crippen molar-refractivity contribution in [3.05, 3.63) is 29.8 Å². The third-order valence-corrected chi connectivity index (χ3v) is 3.84. The Bertz CT molecular complexity index is 417. The van der Waals surface area contributed by atoms with E-state index >= 15 is 0 Å². The molecule has 17 heavy (non-hydrogen) atoms. The average molecular weight is 256 g/mol. The third-order valence-electron chi connectivity index (χ3n) is 2.28. The number of carbonyl (C=O) groups is 1. The maximum absolute atomic E-state index is 11.5. The Labute approximate surface area is 103 Å². The highest BCUT2D eigenvalue weighted by Crippen LogP contribution is 2.12. The molecule has 1 aromatic rings. The molecule has 0 aliphatic heterocycles. The van der Waals surface area contributed by atoms with Gasteiger partial charge in [0.1, 0.15) is 11.0 Å². The maximum Gasteiger partial charge on any atom is 0.318 e. The molecule has 1 N–H and O–H groups in total. The molecule has 0 saturated heterocycles. The van der Waals surface area contributed by atoms with Crippen molar-refractivity contribution in [3.63, 3.8) is 0 Å². The van der Waals surface area contributed by atoms with Gasteiger partial charge >= 0.3 is 5.97 Å². The van der Waals surface area contributed by atoms with E-state index in [-0.39, 0.29) is 12.4 Å². The van der Waals surface area contributed by atoms with Gasteiger partial charge < -0.3 is 9.84 Å². The first-order valence-electron chi connectivity index (χ1n) is 5.30. The number of aliphatic carboxylic acids is 1. The Hall–Kier alpha value is -1.36. The Morgan fingerprint density at radius 1 is 1.53 bits per heavy atom. The summed E-state index contributed by atoms with van der Waals surface area (Å²) >= 11 is 0. The van der Waals surface area contributed by atoms with Crippen LogP contribution >= 0.6 is 0 Å². The summed E-state index contributed by atoms with van der Waals surface area (Å²) in [6, 6.07) is 7.53. The largest absolute Gasteiger partial charge is 0.493 e. The first-order chi connectivity index (χ1) is 8.00. The number of hydrogen-bond donors (Lipinski definition) is 1. The molecular formula is C12H16O4S. The molecule has 1 aromatic carbocycles. The maximum atomic E-state index is 11.5. The molecule has 2 atom stereocenters. The third kappa shape index (κ3) is 4.56. The lowest BCUT2D eigenvalue weighted by Gasteiger charge is -2.08. The summed E-state index contributed by atoms with van der Waals surface area (Å²) in [6.07, 6.45) is 0. The summed E-state index contributed by atoms with van der Waals surface area (Å²) in [5, 5.41) is 7.82. The van der Waals surface area contributed by atoms with Gasteiger partial charge in [-0.3, -0.25) is 9.00 Å². The fraction of sp³-hybridized carbons (Fsp3) is 0.417. The summed E-state index contributed by atoms with van der Waals surface area (Å²) < 4.78 is 16.9. The van der Waals surface area contributed by atoms with Gasteiger partial charge in [0.25, 0.3) is 0 Å². The van der Waals surface area contributed by atoms with Gasteiger partial charge in [-0.25, -0.2) is 0 Å². The second-order valence-corrected chi connectivity index (χ2v) is 5.61. The fourth-order valence-corrected chi connectivity index (χ4v) is 2.06. The smallest absolute Gasteiger partial charge is 0.318 e. The summed E-state index contributed by atoms with van der Waals surface area (Å²) in [7, 11) is -1.40. The van der Waals surface area contributed by atoms with Gasteiger partial charge in [0.05, 0.1) is 12.4 Å². The van der Waals surface area contributed by atoms with Crippen LogP contribution in [-0.2, 0) is 15.6 Å². The highest BCUT2D eigenvalue weighted by Gasteiger charge is 2.18. The summed E-state index contributed by atoms with van der Waals surface area (Å²) in [5.41, 5.74) is 1.09. The van der Waals surface area contributed by atoms with Gasteiger partial charge in [0.2, 0.25) is 0 Å². The van der Waals surface area contributed by atoms with Crippen molar-refractivity contribution in [2.45, 2.75) is 19.1 Å². The molecule has 0 radical (unpaired) electrons. The SMILES string of the molecule is Cc1cccc(OCCS(=O)C(C)C(=O)O)c1. The van der Waals surface area contributed by atoms with Gasteiger partial charge in [-0.15, -0.1) is 0 Å². The lowest BCUT2D eigenvalue weighted by molar-refractivity contribution is -0.136. The minimum Gasteiger partial charge on any atom is -0.493 e. The van der Waals surface area contributed by atoms with Crippen LogP contribution < -0.4 is 4.74 Å². The van der Waals surface area contributed by atoms with Gasteiger partial charge in [-0.05, 0) is 31.5 Å². The van der Waals surface area contributed by atoms with Crippen molar-refractivity contribution in [1.82, 2.24) is 0 Å². The topological polar surface area (TPSA) is 63.6 Å². The highest BCUT2D eigenvalue weighted by molar-refractivity contribution is 7.86. The molecule has 1 rings (SSSR count). The zero-order valence-corrected chi connectivity index (χ0v) is 10.7. The number of carboxylic acids is 1. The number of carboxylic acid groups (broad SMARTS) is 1. The van der Waals surface area contributed by atoms with Crippen molar-refractivity contribution in [2.75, 3.05) is 12.4 Å². The molecule has 4 nitrogen and oxygen atoms in total. The zero-order chi connectivity index (χ0) is 12.8. The molecule has 5 heteroatoms. The normalized spacial score (nSPS) is 14.0. The number of rotatable bonds is 6. The lowest BCUT2D eigenvalue weighted by atomic mass is 10.2. The van der Waals surface area contributed by atoms with Crippen molar-refractivity contribution in [3.8, 4) is 5.75 Å². The second kappa shape index (κ2) is 6.39. The van der Waals surface area contributed by atoms with E-state index in [4.69, 9.17) is 9.84 Å². The van der Waals surface area contributed by atoms with Crippen LogP contribution in [0.25, 0.3) is 0 Å². The molecule has 0 spiro atoms. The standard InChI is InChI=1S/C12H16O4S/c1-9-4-3-5-11(8-9)16-6-7-17(15)10(2)12(13)14/h3-5,8,10H,6-7H2,1-2H3,(H,13,14). The van der Waals surface area contributed by atoms with Gasteiger partial charge in [0, 0.05) is 10.8 Å². The van der Waals surface area contributed by atoms with Crippen LogP contribution in [-0.4, -0.2) is 32.9 Å². The molecule has 0 bridgehead atoms. The highest BCUT2D eigenvalue weighted by atomic mass is 32.2. The van der Waals surface area contributed by atoms with E-state index in [1.54, 1.807) is 0 Å². The molecule has 2 unspecified atom stereocenters. The van der Waals surface area contributed by atoms with Crippen molar-refractivity contribution >= 4 is 16.8 Å². The van der Waals surface area contributed by atoms with Crippen LogP contribution in [0.1, 0.15) is 12.5 Å². The molecule has 0 heterocycles. The summed E-state index contributed by atoms with van der Waals surface area (Å²) in [6.45, 7) is 3.65. The minimum absolute atomic E-state index is 0.224. The fourth-order valence-electron chi connectivity index (χ4n) is 1.24. The Kier molecular flexibility index (Phi) is 5.15. The molecule has 0 fully saturated rings. The van der Waals surface area contributed by atoms with Gasteiger partial charge in [-0.1, -0.05) is 12.1 Å². The molecule has 0 aromatic heterocycles. The number of ether oxygens (including phenoxy) is 1. The zero-order valence-electron chi connectivity index (χ0n) is 9.88. The minimum atomic E-state index is -1.40. The van der Waals surface area contributed by atoms with Crippen LogP contribution in [0.4, 0.5) is 0 Å². The van der Waals surface area contributed by atoms with Crippen LogP contribution in [0.15, 0.2) is 24.3 Å². The van der Waals surface area contributed by atoms with Crippen molar-refractivity contribution < 1.29 is 18.8 Å². The Morgan fingerprint density at radius 2 is 2.24 bits per heavy atom. The second-order valence-electron chi connectivity index (χ2n) is 3.73. The Morgan fingerprint density at radius 3 is 2.82 bits per heavy atom. The van der Waals surface area contributed by atoms with E-state index in [0.717, 1.165) is 5.56 Å². The van der Waals surface area contributed by atoms with E-state index in [2.05, 4.69) is 0 Å². The molecule has 94 valence electrons. The molecule has 0 amide bonds.